The molecule has 1 saturated heterocycles. The molecule has 2 heterocycles. The second kappa shape index (κ2) is 8.42. The van der Waals surface area contributed by atoms with Gasteiger partial charge in [-0.3, -0.25) is 9.59 Å². The molecule has 150 valence electrons. The van der Waals surface area contributed by atoms with Gasteiger partial charge in [-0.15, -0.1) is 0 Å². The number of carbonyl (C=O) groups is 2. The number of nitrogens with one attached hydrogen (secondary N) is 1. The molecule has 1 aliphatic heterocycles. The summed E-state index contributed by atoms with van der Waals surface area (Å²) in [4.78, 5) is 28.6. The van der Waals surface area contributed by atoms with Crippen molar-refractivity contribution in [3.05, 3.63) is 76.9 Å². The monoisotopic (exact) mass is 418 g/mol. The second-order valence-corrected chi connectivity index (χ2v) is 7.55. The summed E-state index contributed by atoms with van der Waals surface area (Å²) in [6, 6.07) is 18.1. The molecule has 30 heavy (non-hydrogen) atoms. The quantitative estimate of drug-likeness (QED) is 0.463. The third-order valence-corrected chi connectivity index (χ3v) is 5.34. The normalized spacial score (nSPS) is 16.1. The Bertz CT molecular complexity index is 1160. The van der Waals surface area contributed by atoms with Gasteiger partial charge in [0, 0.05) is 17.2 Å². The van der Waals surface area contributed by atoms with E-state index in [-0.39, 0.29) is 11.7 Å². The third kappa shape index (κ3) is 4.36. The molecule has 0 spiro atoms. The first-order valence-electron chi connectivity index (χ1n) is 9.17. The summed E-state index contributed by atoms with van der Waals surface area (Å²) in [7, 11) is 1.60. The molecule has 1 N–H and O–H groups in total. The Kier molecular flexibility index (Phi) is 5.54. The summed E-state index contributed by atoms with van der Waals surface area (Å²) in [6.45, 7) is 1.53. The molecule has 7 heteroatoms. The van der Waals surface area contributed by atoms with Crippen molar-refractivity contribution in [2.24, 2.45) is 4.99 Å². The lowest BCUT2D eigenvalue weighted by atomic mass is 10.1. The van der Waals surface area contributed by atoms with E-state index in [2.05, 4.69) is 10.3 Å². The van der Waals surface area contributed by atoms with Crippen LogP contribution in [0.5, 0.6) is 5.75 Å². The first kappa shape index (κ1) is 19.7. The third-order valence-electron chi connectivity index (χ3n) is 4.43. The Labute approximate surface area is 177 Å². The van der Waals surface area contributed by atoms with Gasteiger partial charge in [-0.25, -0.2) is 4.99 Å². The summed E-state index contributed by atoms with van der Waals surface area (Å²) in [5, 5.41) is 3.26. The van der Waals surface area contributed by atoms with Crippen LogP contribution in [0.15, 0.2) is 75.0 Å². The average molecular weight is 418 g/mol. The number of benzene rings is 2. The van der Waals surface area contributed by atoms with Crippen molar-refractivity contribution in [3.63, 3.8) is 0 Å². The van der Waals surface area contributed by atoms with Crippen molar-refractivity contribution in [1.29, 1.82) is 0 Å². The molecule has 6 nitrogen and oxygen atoms in total. The van der Waals surface area contributed by atoms with Crippen LogP contribution in [0.2, 0.25) is 0 Å². The van der Waals surface area contributed by atoms with Crippen LogP contribution in [0, 0.1) is 0 Å². The highest BCUT2D eigenvalue weighted by atomic mass is 32.2. The number of ketones is 1. The fourth-order valence-electron chi connectivity index (χ4n) is 2.84. The number of amidine groups is 1. The average Bonchev–Trinajstić information content (AvgIpc) is 3.35. The maximum atomic E-state index is 12.3. The Morgan fingerprint density at radius 1 is 1.07 bits per heavy atom. The summed E-state index contributed by atoms with van der Waals surface area (Å²) >= 11 is 1.25. The van der Waals surface area contributed by atoms with Gasteiger partial charge >= 0.3 is 0 Å². The molecule has 1 aliphatic rings. The minimum atomic E-state index is -0.226. The number of hydrogen-bond acceptors (Lipinski definition) is 6. The molecule has 0 atom stereocenters. The Hall–Kier alpha value is -3.58. The SMILES string of the molecule is COc1ccc(N=C2NC(=O)/C(=C\c3ccc(-c4ccc(C(C)=O)cc4)o3)S2)cc1. The Morgan fingerprint density at radius 3 is 2.47 bits per heavy atom. The number of furan rings is 1. The molecule has 2 aromatic carbocycles. The molecule has 0 unspecified atom stereocenters. The van der Waals surface area contributed by atoms with E-state index in [0.717, 1.165) is 11.3 Å². The Balaban J connectivity index is 1.50. The van der Waals surface area contributed by atoms with Crippen LogP contribution in [0.4, 0.5) is 5.69 Å². The second-order valence-electron chi connectivity index (χ2n) is 6.52. The predicted molar refractivity (Wildman–Crippen MR) is 118 cm³/mol. The topological polar surface area (TPSA) is 80.9 Å². The van der Waals surface area contributed by atoms with E-state index in [1.165, 1.54) is 18.7 Å². The lowest BCUT2D eigenvalue weighted by molar-refractivity contribution is -0.115. The van der Waals surface area contributed by atoms with Crippen molar-refractivity contribution in [1.82, 2.24) is 5.32 Å². The minimum absolute atomic E-state index is 0.0165. The lowest BCUT2D eigenvalue weighted by Crippen LogP contribution is -2.19. The highest BCUT2D eigenvalue weighted by Gasteiger charge is 2.24. The van der Waals surface area contributed by atoms with Crippen molar-refractivity contribution < 1.29 is 18.7 Å². The number of ether oxygens (including phenoxy) is 1. The van der Waals surface area contributed by atoms with Crippen molar-refractivity contribution in [2.45, 2.75) is 6.92 Å². The van der Waals surface area contributed by atoms with E-state index in [9.17, 15) is 9.59 Å². The minimum Gasteiger partial charge on any atom is -0.497 e. The number of hydrogen-bond donors (Lipinski definition) is 1. The van der Waals surface area contributed by atoms with Crippen molar-refractivity contribution in [2.75, 3.05) is 7.11 Å². The summed E-state index contributed by atoms with van der Waals surface area (Å²) in [5.41, 5.74) is 2.22. The molecule has 0 saturated carbocycles. The highest BCUT2D eigenvalue weighted by Crippen LogP contribution is 2.30. The van der Waals surface area contributed by atoms with Gasteiger partial charge in [-0.05, 0) is 55.1 Å². The standard InChI is InChI=1S/C23H18N2O4S/c1-14(26)15-3-5-16(6-4-15)20-12-11-19(29-20)13-21-22(27)25-23(30-21)24-17-7-9-18(28-2)10-8-17/h3-13H,1-2H3,(H,24,25,27)/b21-13+. The number of methoxy groups -OCH3 is 1. The molecule has 4 rings (SSSR count). The van der Waals surface area contributed by atoms with E-state index in [1.54, 1.807) is 31.4 Å². The molecule has 0 aliphatic carbocycles. The molecule has 0 bridgehead atoms. The first-order chi connectivity index (χ1) is 14.5. The van der Waals surface area contributed by atoms with Crippen LogP contribution in [-0.4, -0.2) is 24.0 Å². The van der Waals surface area contributed by atoms with Gasteiger partial charge in [0.1, 0.15) is 17.3 Å². The summed E-state index contributed by atoms with van der Waals surface area (Å²) in [5.74, 6) is 1.75. The zero-order chi connectivity index (χ0) is 21.1. The van der Waals surface area contributed by atoms with Crippen molar-refractivity contribution >= 4 is 40.4 Å². The van der Waals surface area contributed by atoms with Gasteiger partial charge in [0.25, 0.3) is 5.91 Å². The van der Waals surface area contributed by atoms with E-state index in [4.69, 9.17) is 9.15 Å². The number of aliphatic imine (C=N–C) groups is 1. The largest absolute Gasteiger partial charge is 0.497 e. The zero-order valence-corrected chi connectivity index (χ0v) is 17.2. The highest BCUT2D eigenvalue weighted by molar-refractivity contribution is 8.18. The van der Waals surface area contributed by atoms with Crippen LogP contribution in [-0.2, 0) is 4.79 Å². The van der Waals surface area contributed by atoms with Gasteiger partial charge in [0.2, 0.25) is 0 Å². The maximum absolute atomic E-state index is 12.3. The van der Waals surface area contributed by atoms with Gasteiger partial charge in [-0.2, -0.15) is 0 Å². The van der Waals surface area contributed by atoms with Crippen LogP contribution < -0.4 is 10.1 Å². The predicted octanol–water partition coefficient (Wildman–Crippen LogP) is 5.05. The number of amides is 1. The lowest BCUT2D eigenvalue weighted by Gasteiger charge is -1.99. The number of nitrogens with zero attached hydrogens (tertiary/aromatic N) is 1. The molecule has 1 amide bonds. The molecule has 1 fully saturated rings. The van der Waals surface area contributed by atoms with E-state index < -0.39 is 0 Å². The fourth-order valence-corrected chi connectivity index (χ4v) is 3.66. The number of carbonyl (C=O) groups excluding carboxylic acids is 2. The number of Topliss-reactive ketones (excluding diaryl/α,β-unsaturated/α-hetero) is 1. The van der Waals surface area contributed by atoms with Crippen molar-refractivity contribution in [3.8, 4) is 17.1 Å². The Morgan fingerprint density at radius 2 is 1.80 bits per heavy atom. The maximum Gasteiger partial charge on any atom is 0.264 e. The molecule has 3 aromatic rings. The van der Waals surface area contributed by atoms with E-state index in [1.807, 2.05) is 42.5 Å². The van der Waals surface area contributed by atoms with Gasteiger partial charge in [0.15, 0.2) is 11.0 Å². The van der Waals surface area contributed by atoms with Crippen LogP contribution in [0.1, 0.15) is 23.0 Å². The first-order valence-corrected chi connectivity index (χ1v) is 9.98. The zero-order valence-electron chi connectivity index (χ0n) is 16.3. The van der Waals surface area contributed by atoms with Crippen LogP contribution in [0.25, 0.3) is 17.4 Å². The van der Waals surface area contributed by atoms with Gasteiger partial charge in [-0.1, -0.05) is 24.3 Å². The van der Waals surface area contributed by atoms with Crippen LogP contribution in [0.3, 0.4) is 0 Å². The van der Waals surface area contributed by atoms with E-state index >= 15 is 0 Å². The number of thioether (sulfide) groups is 1. The fraction of sp³-hybridized carbons (Fsp3) is 0.0870. The summed E-state index contributed by atoms with van der Waals surface area (Å²) in [6.07, 6.45) is 1.68. The molecular formula is C23H18N2O4S. The molecule has 0 radical (unpaired) electrons. The smallest absolute Gasteiger partial charge is 0.264 e. The molecular weight excluding hydrogens is 400 g/mol. The molecule has 1 aromatic heterocycles. The van der Waals surface area contributed by atoms with Gasteiger partial charge < -0.3 is 14.5 Å². The summed E-state index contributed by atoms with van der Waals surface area (Å²) < 4.78 is 11.0. The van der Waals surface area contributed by atoms with Gasteiger partial charge in [0.05, 0.1) is 17.7 Å². The van der Waals surface area contributed by atoms with Crippen LogP contribution >= 0.6 is 11.8 Å². The van der Waals surface area contributed by atoms with E-state index in [0.29, 0.717) is 32.8 Å². The number of rotatable bonds is 5.